The van der Waals surface area contributed by atoms with Gasteiger partial charge in [-0.1, -0.05) is 140 Å². The Hall–Kier alpha value is -7.72. The van der Waals surface area contributed by atoms with Crippen LogP contribution in [-0.4, -0.2) is 89.0 Å². The Kier molecular flexibility index (Phi) is 22.2. The summed E-state index contributed by atoms with van der Waals surface area (Å²) >= 11 is 6.62. The molecule has 4 aromatic carbocycles. The molecule has 0 unspecified atom stereocenters. The number of halogens is 2. The molecule has 0 atom stereocenters. The van der Waals surface area contributed by atoms with Crippen LogP contribution in [0.1, 0.15) is 49.9 Å². The number of aliphatic imine (C=N–C) groups is 2. The third-order valence-corrected chi connectivity index (χ3v) is 12.6. The molecule has 1 aliphatic heterocycles. The minimum absolute atomic E-state index is 0.320. The maximum absolute atomic E-state index is 9.13. The first-order valence-corrected chi connectivity index (χ1v) is 25.8. The fourth-order valence-electron chi connectivity index (χ4n) is 6.75. The molecule has 16 nitrogen and oxygen atoms in total. The van der Waals surface area contributed by atoms with Gasteiger partial charge in [0.05, 0.1) is 22.6 Å². The summed E-state index contributed by atoms with van der Waals surface area (Å²) in [6, 6.07) is 57.4. The minimum Gasteiger partial charge on any atom is -0.423 e. The van der Waals surface area contributed by atoms with Crippen LogP contribution in [0.15, 0.2) is 232 Å². The third-order valence-electron chi connectivity index (χ3n) is 11.6. The molecule has 5 aromatic heterocycles. The van der Waals surface area contributed by atoms with E-state index in [1.54, 1.807) is 42.9 Å². The molecule has 0 bridgehead atoms. The van der Waals surface area contributed by atoms with Gasteiger partial charge in [0.1, 0.15) is 17.5 Å². The Labute approximate surface area is 472 Å². The summed E-state index contributed by atoms with van der Waals surface area (Å²) in [5, 5.41) is 35.4. The Morgan fingerprint density at radius 1 is 0.423 bits per heavy atom. The molecule has 10 N–H and O–H groups in total. The van der Waals surface area contributed by atoms with Crippen LogP contribution in [0, 0.1) is 0 Å². The smallest absolute Gasteiger partial charge is 0.423 e. The third kappa shape index (κ3) is 18.5. The number of anilines is 3. The van der Waals surface area contributed by atoms with E-state index in [-0.39, 0.29) is 18.3 Å². The van der Waals surface area contributed by atoms with Crippen LogP contribution in [0.25, 0.3) is 0 Å². The van der Waals surface area contributed by atoms with E-state index in [0.29, 0.717) is 40.0 Å². The topological polar surface area (TPSA) is 267 Å². The van der Waals surface area contributed by atoms with Gasteiger partial charge in [0.2, 0.25) is 0 Å². The van der Waals surface area contributed by atoms with Gasteiger partial charge in [-0.2, -0.15) is 0 Å². The van der Waals surface area contributed by atoms with Gasteiger partial charge in [0.25, 0.3) is 0 Å². The van der Waals surface area contributed by atoms with Gasteiger partial charge >= 0.3 is 21.4 Å². The predicted molar refractivity (Wildman–Crippen MR) is 322 cm³/mol. The van der Waals surface area contributed by atoms with E-state index >= 15 is 0 Å². The summed E-state index contributed by atoms with van der Waals surface area (Å²) in [7, 11) is -3.35. The molecule has 0 radical (unpaired) electrons. The average molecular weight is 1170 g/mol. The molecule has 394 valence electrons. The maximum atomic E-state index is 9.13. The molecule has 0 spiro atoms. The number of benzene rings is 4. The molecule has 1 aliphatic rings. The van der Waals surface area contributed by atoms with Crippen molar-refractivity contribution in [2.75, 3.05) is 17.2 Å². The molecule has 1 saturated heterocycles. The van der Waals surface area contributed by atoms with Crippen LogP contribution in [0.2, 0.25) is 0 Å². The fourth-order valence-corrected chi connectivity index (χ4v) is 7.22. The van der Waals surface area contributed by atoms with Crippen molar-refractivity contribution in [1.29, 1.82) is 0 Å². The first-order chi connectivity index (χ1) is 37.4. The SMILES string of the molecule is Brc1ccc(N=C(c2ccccc2)c2ccccc2)nc1.CC1(C)OB(c2ccc(N)nc2)OC1(C)C.Nc1ccc(B(O)O)cn1.Nc1ccc(Br)cn1.OB(O)c1ccc(N=C(c2ccccc2)c2ccccc2)nc1. The summed E-state index contributed by atoms with van der Waals surface area (Å²) in [5.41, 5.74) is 22.9. The zero-order valence-electron chi connectivity index (χ0n) is 43.2. The number of pyridine rings is 5. The minimum atomic E-state index is -1.52. The van der Waals surface area contributed by atoms with Gasteiger partial charge in [0.15, 0.2) is 11.6 Å². The lowest BCUT2D eigenvalue weighted by atomic mass is 9.80. The molecule has 10 rings (SSSR count). The van der Waals surface area contributed by atoms with Crippen LogP contribution in [0.3, 0.4) is 0 Å². The monoisotopic (exact) mass is 1170 g/mol. The Bertz CT molecular complexity index is 3150. The highest BCUT2D eigenvalue weighted by atomic mass is 79.9. The van der Waals surface area contributed by atoms with E-state index in [4.69, 9.17) is 51.6 Å². The molecule has 0 aliphatic carbocycles. The number of nitrogens with zero attached hydrogens (tertiary/aromatic N) is 7. The highest BCUT2D eigenvalue weighted by Crippen LogP contribution is 2.36. The largest absolute Gasteiger partial charge is 0.496 e. The van der Waals surface area contributed by atoms with E-state index in [9.17, 15) is 0 Å². The number of hydrogen-bond donors (Lipinski definition) is 7. The van der Waals surface area contributed by atoms with Crippen molar-refractivity contribution in [3.05, 3.63) is 244 Å². The van der Waals surface area contributed by atoms with E-state index in [1.807, 2.05) is 149 Å². The van der Waals surface area contributed by atoms with Gasteiger partial charge < -0.3 is 46.6 Å². The standard InChI is InChI=1S/C18H15BN2O2.C18H13BrN2.C11H17BN2O2.C5H7BN2O2.C5H5BrN2/c22-19(23)16-11-12-17(20-13-16)21-18(14-7-3-1-4-8-14)15-9-5-2-6-10-15;19-16-11-12-17(20-13-16)21-18(14-7-3-1-4-8-14)15-9-5-2-6-10-15;1-10(2)11(3,4)16-12(15-10)8-5-6-9(13)14-7-8;7-5-2-1-4(3-8-5)6(9)10;6-4-1-2-5(7)8-3-4/h1-13,22-23H;1-13H;5-7H,1-4H3,(H2,13,14);1-3,9-10H,(H2,7,8);1-3H,(H2,7,8). The van der Waals surface area contributed by atoms with Crippen molar-refractivity contribution >= 4 is 110 Å². The van der Waals surface area contributed by atoms with Gasteiger partial charge in [-0.15, -0.1) is 0 Å². The quantitative estimate of drug-likeness (QED) is 0.0540. The molecule has 21 heteroatoms. The van der Waals surface area contributed by atoms with Crippen molar-refractivity contribution in [2.45, 2.75) is 38.9 Å². The lowest BCUT2D eigenvalue weighted by Gasteiger charge is -2.32. The number of rotatable bonds is 9. The highest BCUT2D eigenvalue weighted by Gasteiger charge is 2.51. The van der Waals surface area contributed by atoms with Crippen molar-refractivity contribution < 1.29 is 29.4 Å². The van der Waals surface area contributed by atoms with Crippen LogP contribution in [0.5, 0.6) is 0 Å². The molecule has 0 amide bonds. The number of hydrogen-bond acceptors (Lipinski definition) is 16. The summed E-state index contributed by atoms with van der Waals surface area (Å²) in [5.74, 6) is 2.62. The normalized spacial score (nSPS) is 12.5. The zero-order chi connectivity index (χ0) is 56.1. The van der Waals surface area contributed by atoms with Crippen LogP contribution < -0.4 is 33.6 Å². The first-order valence-electron chi connectivity index (χ1n) is 24.2. The second-order valence-corrected chi connectivity index (χ2v) is 19.8. The highest BCUT2D eigenvalue weighted by molar-refractivity contribution is 9.10. The molecule has 9 aromatic rings. The lowest BCUT2D eigenvalue weighted by Crippen LogP contribution is -2.41. The van der Waals surface area contributed by atoms with E-state index in [1.165, 1.54) is 24.5 Å². The molecule has 0 saturated carbocycles. The van der Waals surface area contributed by atoms with Crippen LogP contribution in [0.4, 0.5) is 29.1 Å². The summed E-state index contributed by atoms with van der Waals surface area (Å²) < 4.78 is 13.7. The number of aromatic nitrogens is 5. The number of nitrogen functional groups attached to an aromatic ring is 3. The predicted octanol–water partition coefficient (Wildman–Crippen LogP) is 7.68. The van der Waals surface area contributed by atoms with Crippen molar-refractivity contribution in [3.63, 3.8) is 0 Å². The molecule has 1 fully saturated rings. The van der Waals surface area contributed by atoms with Crippen molar-refractivity contribution in [2.24, 2.45) is 9.98 Å². The van der Waals surface area contributed by atoms with Crippen molar-refractivity contribution in [1.82, 2.24) is 24.9 Å². The van der Waals surface area contributed by atoms with Crippen LogP contribution >= 0.6 is 31.9 Å². The molecular formula is C57H57B3Br2N10O6. The van der Waals surface area contributed by atoms with Gasteiger partial charge in [-0.25, -0.2) is 34.9 Å². The van der Waals surface area contributed by atoms with Gasteiger partial charge in [-0.05, 0) is 102 Å². The van der Waals surface area contributed by atoms with Crippen LogP contribution in [-0.2, 0) is 9.31 Å². The second-order valence-electron chi connectivity index (χ2n) is 17.9. The van der Waals surface area contributed by atoms with E-state index in [0.717, 1.165) is 48.1 Å². The summed E-state index contributed by atoms with van der Waals surface area (Å²) in [6.45, 7) is 8.10. The Morgan fingerprint density at radius 3 is 1.04 bits per heavy atom. The fraction of sp³-hybridized carbons (Fsp3) is 0.105. The average Bonchev–Trinajstić information content (AvgIpc) is 3.71. The molecular weight excluding hydrogens is 1110 g/mol. The van der Waals surface area contributed by atoms with Gasteiger partial charge in [-0.3, -0.25) is 0 Å². The summed E-state index contributed by atoms with van der Waals surface area (Å²) in [6.07, 6.45) is 7.84. The maximum Gasteiger partial charge on any atom is 0.496 e. The lowest BCUT2D eigenvalue weighted by molar-refractivity contribution is 0.00578. The zero-order valence-corrected chi connectivity index (χ0v) is 46.3. The first kappa shape index (κ1) is 59.5. The number of nitrogens with two attached hydrogens (primary N) is 3. The Balaban J connectivity index is 0.000000165. The van der Waals surface area contributed by atoms with E-state index < -0.39 is 14.2 Å². The second kappa shape index (κ2) is 29.1. The van der Waals surface area contributed by atoms with Crippen molar-refractivity contribution in [3.8, 4) is 0 Å². The van der Waals surface area contributed by atoms with Gasteiger partial charge in [0, 0.05) is 78.6 Å². The molecule has 78 heavy (non-hydrogen) atoms. The molecule has 6 heterocycles. The summed E-state index contributed by atoms with van der Waals surface area (Å²) in [4.78, 5) is 29.4. The van der Waals surface area contributed by atoms with E-state index in [2.05, 4.69) is 86.0 Å². The Morgan fingerprint density at radius 2 is 0.744 bits per heavy atom.